The number of likely N-dealkylation sites (tertiary alicyclic amines) is 1. The second kappa shape index (κ2) is 14.4. The van der Waals surface area contributed by atoms with E-state index >= 15 is 0 Å². The molecule has 10 nitrogen and oxygen atoms in total. The van der Waals surface area contributed by atoms with Gasteiger partial charge in [-0.15, -0.1) is 11.8 Å². The number of likely N-dealkylation sites (N-methyl/N-ethyl adjacent to an activating group) is 1. The van der Waals surface area contributed by atoms with E-state index in [4.69, 9.17) is 9.47 Å². The van der Waals surface area contributed by atoms with Gasteiger partial charge in [-0.25, -0.2) is 4.79 Å². The minimum atomic E-state index is -1.56. The second-order valence-corrected chi connectivity index (χ2v) is 12.1. The number of amides is 1. The highest BCUT2D eigenvalue weighted by atomic mass is 79.9. The molecule has 0 aromatic heterocycles. The first-order chi connectivity index (χ1) is 18.0. The highest BCUT2D eigenvalue weighted by molar-refractivity contribution is 9.10. The van der Waals surface area contributed by atoms with Crippen molar-refractivity contribution in [2.24, 2.45) is 5.92 Å². The summed E-state index contributed by atoms with van der Waals surface area (Å²) in [4.78, 5) is 27.4. The fourth-order valence-electron chi connectivity index (χ4n) is 5.08. The molecule has 0 radical (unpaired) electrons. The number of carbonyl (C=O) groups excluding carboxylic acids is 2. The Kier molecular flexibility index (Phi) is 11.9. The Labute approximate surface area is 236 Å². The number of benzene rings is 1. The molecule has 5 N–H and O–H groups in total. The standard InChI is InChI=1S/C26H39BrN2O8S/c1-4-7-15-12-18(29(3)13-15)24(34)28-19(14(2)30)23-21(32)20(31)22(33)26(37-23)38-11-10-36-25(35)16-8-5-6-9-17(16)27/h5-6,8-9,14-15,18-23,26,30-33H,4,7,10-13H2,1-3H3,(H,28,34)/t14-,15-,18+,19-,20+,21-,22-,23-,26-/m1/s1. The van der Waals surface area contributed by atoms with Crippen LogP contribution in [-0.4, -0.2) is 111 Å². The van der Waals surface area contributed by atoms with Gasteiger partial charge in [0, 0.05) is 16.8 Å². The number of aliphatic hydroxyl groups is 4. The molecule has 214 valence electrons. The van der Waals surface area contributed by atoms with E-state index in [9.17, 15) is 30.0 Å². The van der Waals surface area contributed by atoms with Crippen molar-refractivity contribution in [1.82, 2.24) is 10.2 Å². The summed E-state index contributed by atoms with van der Waals surface area (Å²) in [5, 5.41) is 45.1. The van der Waals surface area contributed by atoms with Gasteiger partial charge in [0.1, 0.15) is 36.5 Å². The van der Waals surface area contributed by atoms with Crippen LogP contribution in [0, 0.1) is 5.92 Å². The van der Waals surface area contributed by atoms with Crippen molar-refractivity contribution in [3.05, 3.63) is 34.3 Å². The maximum Gasteiger partial charge on any atom is 0.339 e. The fraction of sp³-hybridized carbons (Fsp3) is 0.692. The van der Waals surface area contributed by atoms with E-state index in [1.165, 1.54) is 6.92 Å². The first kappa shape index (κ1) is 31.3. The topological polar surface area (TPSA) is 149 Å². The van der Waals surface area contributed by atoms with Crippen LogP contribution in [0.25, 0.3) is 0 Å². The van der Waals surface area contributed by atoms with E-state index in [-0.39, 0.29) is 24.3 Å². The van der Waals surface area contributed by atoms with E-state index in [0.29, 0.717) is 22.4 Å². The summed E-state index contributed by atoms with van der Waals surface area (Å²) >= 11 is 4.41. The number of aliphatic hydroxyl groups excluding tert-OH is 4. The minimum absolute atomic E-state index is 0.0181. The average molecular weight is 620 g/mol. The lowest BCUT2D eigenvalue weighted by atomic mass is 9.92. The summed E-state index contributed by atoms with van der Waals surface area (Å²) in [7, 11) is 1.89. The molecule has 1 aromatic carbocycles. The lowest BCUT2D eigenvalue weighted by Gasteiger charge is -2.44. The highest BCUT2D eigenvalue weighted by Gasteiger charge is 2.48. The normalized spacial score (nSPS) is 31.5. The molecule has 2 heterocycles. The molecule has 0 bridgehead atoms. The number of rotatable bonds is 11. The zero-order valence-electron chi connectivity index (χ0n) is 21.9. The van der Waals surface area contributed by atoms with E-state index in [1.807, 2.05) is 11.9 Å². The quantitative estimate of drug-likeness (QED) is 0.180. The van der Waals surface area contributed by atoms with Crippen LogP contribution in [-0.2, 0) is 14.3 Å². The van der Waals surface area contributed by atoms with Crippen molar-refractivity contribution >= 4 is 39.6 Å². The summed E-state index contributed by atoms with van der Waals surface area (Å²) in [5.41, 5.74) is -0.601. The number of hydrogen-bond acceptors (Lipinski definition) is 10. The lowest BCUT2D eigenvalue weighted by Crippen LogP contribution is -2.65. The van der Waals surface area contributed by atoms with Crippen molar-refractivity contribution in [1.29, 1.82) is 0 Å². The zero-order valence-corrected chi connectivity index (χ0v) is 24.3. The summed E-state index contributed by atoms with van der Waals surface area (Å²) in [5.74, 6) is -0.134. The molecule has 0 aliphatic carbocycles. The molecule has 12 heteroatoms. The average Bonchev–Trinajstić information content (AvgIpc) is 3.25. The van der Waals surface area contributed by atoms with Gasteiger partial charge in [0.05, 0.1) is 23.8 Å². The van der Waals surface area contributed by atoms with Crippen molar-refractivity contribution < 1.29 is 39.5 Å². The van der Waals surface area contributed by atoms with Crippen LogP contribution in [0.2, 0.25) is 0 Å². The minimum Gasteiger partial charge on any atom is -0.461 e. The molecule has 38 heavy (non-hydrogen) atoms. The van der Waals surface area contributed by atoms with E-state index < -0.39 is 48.0 Å². The molecule has 1 amide bonds. The SMILES string of the molecule is CCC[C@@H]1C[C@@H](C(=O)N[C@@H]([C@H]2O[C@H](SCCOC(=O)c3ccccc3Br)[C@H](O)[C@@H](O)[C@H]2O)[C@@H](C)O)N(C)C1. The molecule has 0 spiro atoms. The van der Waals surface area contributed by atoms with Gasteiger partial charge in [-0.2, -0.15) is 0 Å². The van der Waals surface area contributed by atoms with Crippen LogP contribution >= 0.6 is 27.7 Å². The van der Waals surface area contributed by atoms with Crippen LogP contribution in [0.15, 0.2) is 28.7 Å². The van der Waals surface area contributed by atoms with Gasteiger partial charge in [-0.3, -0.25) is 9.69 Å². The van der Waals surface area contributed by atoms with Crippen molar-refractivity contribution in [2.75, 3.05) is 26.0 Å². The monoisotopic (exact) mass is 618 g/mol. The number of hydrogen-bond donors (Lipinski definition) is 5. The van der Waals surface area contributed by atoms with E-state index in [1.54, 1.807) is 24.3 Å². The van der Waals surface area contributed by atoms with Gasteiger partial charge < -0.3 is 35.2 Å². The number of halogens is 1. The van der Waals surface area contributed by atoms with Crippen LogP contribution < -0.4 is 5.32 Å². The Morgan fingerprint density at radius 1 is 1.24 bits per heavy atom. The van der Waals surface area contributed by atoms with Gasteiger partial charge >= 0.3 is 5.97 Å². The van der Waals surface area contributed by atoms with E-state index in [0.717, 1.165) is 31.1 Å². The molecule has 9 atom stereocenters. The lowest BCUT2D eigenvalue weighted by molar-refractivity contribution is -0.211. The summed E-state index contributed by atoms with van der Waals surface area (Å²) in [6.07, 6.45) is -4.03. The molecule has 0 unspecified atom stereocenters. The summed E-state index contributed by atoms with van der Waals surface area (Å²) < 4.78 is 11.8. The molecular weight excluding hydrogens is 580 g/mol. The molecule has 1 aromatic rings. The van der Waals surface area contributed by atoms with Crippen molar-refractivity contribution in [3.63, 3.8) is 0 Å². The van der Waals surface area contributed by atoms with Crippen LogP contribution in [0.5, 0.6) is 0 Å². The fourth-order valence-corrected chi connectivity index (χ4v) is 6.50. The second-order valence-electron chi connectivity index (χ2n) is 10.0. The number of esters is 1. The third-order valence-corrected chi connectivity index (χ3v) is 8.93. The van der Waals surface area contributed by atoms with Gasteiger partial charge in [0.25, 0.3) is 0 Å². The van der Waals surface area contributed by atoms with Crippen LogP contribution in [0.4, 0.5) is 0 Å². The summed E-state index contributed by atoms with van der Waals surface area (Å²) in [6, 6.07) is 5.49. The molecule has 2 fully saturated rings. The van der Waals surface area contributed by atoms with Gasteiger partial charge in [-0.05, 0) is 60.8 Å². The predicted octanol–water partition coefficient (Wildman–Crippen LogP) is 1.13. The third kappa shape index (κ3) is 7.69. The first-order valence-electron chi connectivity index (χ1n) is 13.0. The first-order valence-corrected chi connectivity index (χ1v) is 14.8. The van der Waals surface area contributed by atoms with Crippen LogP contribution in [0.3, 0.4) is 0 Å². The Balaban J connectivity index is 1.60. The number of nitrogens with zero attached hydrogens (tertiary/aromatic N) is 1. The molecule has 2 aliphatic rings. The molecule has 2 aliphatic heterocycles. The molecule has 2 saturated heterocycles. The van der Waals surface area contributed by atoms with Crippen LogP contribution in [0.1, 0.15) is 43.5 Å². The Bertz CT molecular complexity index is 940. The number of nitrogens with one attached hydrogen (secondary N) is 1. The van der Waals surface area contributed by atoms with Crippen molar-refractivity contribution in [3.8, 4) is 0 Å². The third-order valence-electron chi connectivity index (χ3n) is 7.12. The molecular formula is C26H39BrN2O8S. The number of carbonyl (C=O) groups is 2. The summed E-state index contributed by atoms with van der Waals surface area (Å²) in [6.45, 7) is 4.41. The predicted molar refractivity (Wildman–Crippen MR) is 147 cm³/mol. The highest BCUT2D eigenvalue weighted by Crippen LogP contribution is 2.31. The Hall–Kier alpha value is -1.25. The number of thioether (sulfide) groups is 1. The largest absolute Gasteiger partial charge is 0.461 e. The maximum absolute atomic E-state index is 13.1. The van der Waals surface area contributed by atoms with Gasteiger partial charge in [0.2, 0.25) is 5.91 Å². The smallest absolute Gasteiger partial charge is 0.339 e. The Morgan fingerprint density at radius 2 is 1.95 bits per heavy atom. The Morgan fingerprint density at radius 3 is 2.61 bits per heavy atom. The molecule has 3 rings (SSSR count). The van der Waals surface area contributed by atoms with E-state index in [2.05, 4.69) is 28.2 Å². The zero-order chi connectivity index (χ0) is 28.0. The van der Waals surface area contributed by atoms with Crippen molar-refractivity contribution in [2.45, 2.75) is 81.1 Å². The maximum atomic E-state index is 13.1. The molecule has 0 saturated carbocycles. The van der Waals surface area contributed by atoms with Gasteiger partial charge in [0.15, 0.2) is 0 Å². The van der Waals surface area contributed by atoms with Gasteiger partial charge in [-0.1, -0.05) is 25.5 Å². The number of ether oxygens (including phenoxy) is 2.